The Morgan fingerprint density at radius 1 is 1.47 bits per heavy atom. The van der Waals surface area contributed by atoms with Gasteiger partial charge in [-0.2, -0.15) is 4.80 Å². The highest BCUT2D eigenvalue weighted by atomic mass is 16.2. The van der Waals surface area contributed by atoms with Crippen molar-refractivity contribution in [2.45, 2.75) is 32.4 Å². The van der Waals surface area contributed by atoms with Gasteiger partial charge >= 0.3 is 0 Å². The zero-order valence-electron chi connectivity index (χ0n) is 10.3. The molecule has 0 aliphatic carbocycles. The molecule has 1 unspecified atom stereocenters. The fourth-order valence-corrected chi connectivity index (χ4v) is 1.94. The summed E-state index contributed by atoms with van der Waals surface area (Å²) in [6.45, 7) is 4.11. The number of likely N-dealkylation sites (tertiary alicyclic amines) is 1. The fraction of sp³-hybridized carbons (Fsp3) is 0.800. The summed E-state index contributed by atoms with van der Waals surface area (Å²) in [5, 5.41) is 14.8. The van der Waals surface area contributed by atoms with Crippen LogP contribution in [0.4, 0.5) is 0 Å². The van der Waals surface area contributed by atoms with E-state index < -0.39 is 0 Å². The van der Waals surface area contributed by atoms with Gasteiger partial charge < -0.3 is 4.90 Å². The highest BCUT2D eigenvalue weighted by Gasteiger charge is 2.22. The van der Waals surface area contributed by atoms with Gasteiger partial charge in [0.25, 0.3) is 0 Å². The second-order valence-corrected chi connectivity index (χ2v) is 4.33. The SMILES string of the molecule is CC(NCc1nnn(C)n1)C(=O)N1CCCC1. The number of hydrogen-bond donors (Lipinski definition) is 1. The van der Waals surface area contributed by atoms with E-state index in [0.29, 0.717) is 12.4 Å². The molecule has 2 rings (SSSR count). The molecule has 1 atom stereocenters. The second kappa shape index (κ2) is 5.22. The summed E-state index contributed by atoms with van der Waals surface area (Å²) in [5.74, 6) is 0.764. The Morgan fingerprint density at radius 2 is 2.18 bits per heavy atom. The molecule has 1 aliphatic heterocycles. The molecule has 2 heterocycles. The summed E-state index contributed by atoms with van der Waals surface area (Å²) in [7, 11) is 1.72. The van der Waals surface area contributed by atoms with Gasteiger partial charge in [0.2, 0.25) is 5.91 Å². The number of hydrogen-bond acceptors (Lipinski definition) is 5. The lowest BCUT2D eigenvalue weighted by Gasteiger charge is -2.20. The quantitative estimate of drug-likeness (QED) is 0.751. The molecule has 7 nitrogen and oxygen atoms in total. The maximum atomic E-state index is 12.0. The number of rotatable bonds is 4. The summed E-state index contributed by atoms with van der Waals surface area (Å²) in [6, 6.07) is -0.197. The molecule has 0 spiro atoms. The minimum absolute atomic E-state index is 0.159. The van der Waals surface area contributed by atoms with Crippen molar-refractivity contribution in [1.82, 2.24) is 30.4 Å². The van der Waals surface area contributed by atoms with Gasteiger partial charge in [0, 0.05) is 13.1 Å². The molecule has 7 heteroatoms. The van der Waals surface area contributed by atoms with Crippen LogP contribution in [-0.4, -0.2) is 50.1 Å². The van der Waals surface area contributed by atoms with Crippen LogP contribution in [0, 0.1) is 0 Å². The zero-order chi connectivity index (χ0) is 12.3. The molecule has 1 aromatic heterocycles. The topological polar surface area (TPSA) is 75.9 Å². The van der Waals surface area contributed by atoms with Gasteiger partial charge in [-0.1, -0.05) is 0 Å². The molecule has 1 aromatic rings. The first-order valence-corrected chi connectivity index (χ1v) is 5.92. The van der Waals surface area contributed by atoms with Gasteiger partial charge in [-0.15, -0.1) is 10.2 Å². The molecule has 0 saturated carbocycles. The maximum absolute atomic E-state index is 12.0. The molecule has 1 fully saturated rings. The molecule has 17 heavy (non-hydrogen) atoms. The van der Waals surface area contributed by atoms with Crippen molar-refractivity contribution in [1.29, 1.82) is 0 Å². The van der Waals surface area contributed by atoms with E-state index in [1.54, 1.807) is 7.05 Å². The summed E-state index contributed by atoms with van der Waals surface area (Å²) < 4.78 is 0. The fourth-order valence-electron chi connectivity index (χ4n) is 1.94. The predicted octanol–water partition coefficient (Wildman–Crippen LogP) is -0.689. The van der Waals surface area contributed by atoms with Gasteiger partial charge in [0.05, 0.1) is 19.6 Å². The Kier molecular flexibility index (Phi) is 3.68. The molecule has 0 bridgehead atoms. The minimum Gasteiger partial charge on any atom is -0.341 e. The summed E-state index contributed by atoms with van der Waals surface area (Å²) >= 11 is 0. The molecular formula is C10H18N6O. The van der Waals surface area contributed by atoms with E-state index >= 15 is 0 Å². The van der Waals surface area contributed by atoms with Gasteiger partial charge in [0.15, 0.2) is 5.82 Å². The maximum Gasteiger partial charge on any atom is 0.239 e. The van der Waals surface area contributed by atoms with Crippen molar-refractivity contribution in [3.8, 4) is 0 Å². The number of carbonyl (C=O) groups excluding carboxylic acids is 1. The standard InChI is InChI=1S/C10H18N6O/c1-8(10(17)16-5-3-4-6-16)11-7-9-12-14-15(2)13-9/h8,11H,3-7H2,1-2H3. The third-order valence-corrected chi connectivity index (χ3v) is 2.90. The van der Waals surface area contributed by atoms with E-state index in [9.17, 15) is 4.79 Å². The Labute approximate surface area is 100 Å². The van der Waals surface area contributed by atoms with Crippen molar-refractivity contribution in [3.05, 3.63) is 5.82 Å². The van der Waals surface area contributed by atoms with Crippen molar-refractivity contribution in [2.75, 3.05) is 13.1 Å². The van der Waals surface area contributed by atoms with Crippen LogP contribution in [0.1, 0.15) is 25.6 Å². The van der Waals surface area contributed by atoms with Gasteiger partial charge in [0.1, 0.15) is 0 Å². The van der Waals surface area contributed by atoms with Crippen LogP contribution in [-0.2, 0) is 18.4 Å². The van der Waals surface area contributed by atoms with Crippen LogP contribution >= 0.6 is 0 Å². The first-order valence-electron chi connectivity index (χ1n) is 5.92. The highest BCUT2D eigenvalue weighted by Crippen LogP contribution is 2.08. The van der Waals surface area contributed by atoms with Crippen LogP contribution in [0.3, 0.4) is 0 Å². The van der Waals surface area contributed by atoms with E-state index in [1.165, 1.54) is 4.80 Å². The first kappa shape index (κ1) is 12.0. The van der Waals surface area contributed by atoms with E-state index in [1.807, 2.05) is 11.8 Å². The van der Waals surface area contributed by atoms with Crippen molar-refractivity contribution in [3.63, 3.8) is 0 Å². The minimum atomic E-state index is -0.197. The lowest BCUT2D eigenvalue weighted by Crippen LogP contribution is -2.43. The largest absolute Gasteiger partial charge is 0.341 e. The number of nitrogens with zero attached hydrogens (tertiary/aromatic N) is 5. The smallest absolute Gasteiger partial charge is 0.239 e. The Hall–Kier alpha value is -1.50. The highest BCUT2D eigenvalue weighted by molar-refractivity contribution is 5.81. The first-order chi connectivity index (χ1) is 8.16. The molecule has 0 aromatic carbocycles. The van der Waals surface area contributed by atoms with Crippen molar-refractivity contribution in [2.24, 2.45) is 7.05 Å². The number of carbonyl (C=O) groups is 1. The third-order valence-electron chi connectivity index (χ3n) is 2.90. The van der Waals surface area contributed by atoms with Crippen LogP contribution < -0.4 is 5.32 Å². The summed E-state index contributed by atoms with van der Waals surface area (Å²) in [6.07, 6.45) is 2.23. The average molecular weight is 238 g/mol. The summed E-state index contributed by atoms with van der Waals surface area (Å²) in [4.78, 5) is 15.3. The van der Waals surface area contributed by atoms with Crippen molar-refractivity contribution < 1.29 is 4.79 Å². The monoisotopic (exact) mass is 238 g/mol. The number of amides is 1. The Bertz CT molecular complexity index is 384. The number of aromatic nitrogens is 4. The number of nitrogens with one attached hydrogen (secondary N) is 1. The van der Waals surface area contributed by atoms with E-state index in [2.05, 4.69) is 20.7 Å². The lowest BCUT2D eigenvalue weighted by molar-refractivity contribution is -0.132. The second-order valence-electron chi connectivity index (χ2n) is 4.33. The molecular weight excluding hydrogens is 220 g/mol. The molecule has 0 radical (unpaired) electrons. The lowest BCUT2D eigenvalue weighted by atomic mass is 10.3. The van der Waals surface area contributed by atoms with E-state index in [0.717, 1.165) is 25.9 Å². The summed E-state index contributed by atoms with van der Waals surface area (Å²) in [5.41, 5.74) is 0. The van der Waals surface area contributed by atoms with Crippen LogP contribution in [0.15, 0.2) is 0 Å². The Balaban J connectivity index is 1.80. The number of aryl methyl sites for hydroxylation is 1. The molecule has 94 valence electrons. The van der Waals surface area contributed by atoms with Crippen LogP contribution in [0.2, 0.25) is 0 Å². The zero-order valence-corrected chi connectivity index (χ0v) is 10.3. The number of tetrazole rings is 1. The average Bonchev–Trinajstić information content (AvgIpc) is 2.95. The molecule has 1 saturated heterocycles. The van der Waals surface area contributed by atoms with Crippen molar-refractivity contribution >= 4 is 5.91 Å². The van der Waals surface area contributed by atoms with Gasteiger partial charge in [-0.3, -0.25) is 10.1 Å². The van der Waals surface area contributed by atoms with E-state index in [4.69, 9.17) is 0 Å². The van der Waals surface area contributed by atoms with Crippen LogP contribution in [0.25, 0.3) is 0 Å². The van der Waals surface area contributed by atoms with Gasteiger partial charge in [-0.05, 0) is 25.0 Å². The molecule has 1 amide bonds. The normalized spacial score (nSPS) is 17.4. The Morgan fingerprint density at radius 3 is 2.76 bits per heavy atom. The molecule has 1 N–H and O–H groups in total. The van der Waals surface area contributed by atoms with E-state index in [-0.39, 0.29) is 11.9 Å². The van der Waals surface area contributed by atoms with Gasteiger partial charge in [-0.25, -0.2) is 0 Å². The molecule has 1 aliphatic rings. The van der Waals surface area contributed by atoms with Crippen LogP contribution in [0.5, 0.6) is 0 Å². The predicted molar refractivity (Wildman–Crippen MR) is 60.9 cm³/mol. The third kappa shape index (κ3) is 3.00.